The molecule has 3 aromatic rings. The van der Waals surface area contributed by atoms with Gasteiger partial charge < -0.3 is 9.64 Å². The van der Waals surface area contributed by atoms with Crippen molar-refractivity contribution in [3.63, 3.8) is 0 Å². The number of aromatic nitrogens is 3. The van der Waals surface area contributed by atoms with Gasteiger partial charge in [-0.3, -0.25) is 14.2 Å². The lowest BCUT2D eigenvalue weighted by Crippen LogP contribution is -2.43. The topological polar surface area (TPSA) is 77.3 Å². The van der Waals surface area contributed by atoms with E-state index >= 15 is 0 Å². The first-order valence-electron chi connectivity index (χ1n) is 10.7. The lowest BCUT2D eigenvalue weighted by atomic mass is 9.86. The molecule has 8 heteroatoms. The first-order valence-corrected chi connectivity index (χ1v) is 11.5. The van der Waals surface area contributed by atoms with Gasteiger partial charge in [0.2, 0.25) is 5.91 Å². The fraction of sp³-hybridized carbons (Fsp3) is 0.545. The Balaban J connectivity index is 1.61. The summed E-state index contributed by atoms with van der Waals surface area (Å²) in [5.74, 6) is 0.280. The maximum absolute atomic E-state index is 13.2. The smallest absolute Gasteiger partial charge is 0.271 e. The normalized spacial score (nSPS) is 17.1. The molecule has 1 saturated heterocycles. The second-order valence-corrected chi connectivity index (χ2v) is 9.45. The van der Waals surface area contributed by atoms with Crippen molar-refractivity contribution in [1.82, 2.24) is 19.4 Å². The second-order valence-electron chi connectivity index (χ2n) is 8.45. The molecule has 0 N–H and O–H groups in total. The highest BCUT2D eigenvalue weighted by molar-refractivity contribution is 7.25. The van der Waals surface area contributed by atoms with Gasteiger partial charge in [0.1, 0.15) is 16.1 Å². The number of nitrogens with zero attached hydrogens (tertiary/aromatic N) is 4. The maximum atomic E-state index is 13.2. The Morgan fingerprint density at radius 3 is 2.67 bits per heavy atom. The van der Waals surface area contributed by atoms with Crippen LogP contribution in [0.15, 0.2) is 11.1 Å². The van der Waals surface area contributed by atoms with Gasteiger partial charge in [0.25, 0.3) is 5.56 Å². The third kappa shape index (κ3) is 3.22. The Bertz CT molecular complexity index is 1190. The number of morpholine rings is 1. The molecule has 0 spiro atoms. The molecule has 0 atom stereocenters. The van der Waals surface area contributed by atoms with Gasteiger partial charge in [-0.1, -0.05) is 13.8 Å². The van der Waals surface area contributed by atoms with Crippen molar-refractivity contribution in [3.05, 3.63) is 33.5 Å². The molecule has 158 valence electrons. The number of rotatable bonds is 3. The van der Waals surface area contributed by atoms with E-state index in [0.717, 1.165) is 40.7 Å². The van der Waals surface area contributed by atoms with Crippen LogP contribution >= 0.6 is 11.3 Å². The van der Waals surface area contributed by atoms with Gasteiger partial charge in [0, 0.05) is 24.2 Å². The van der Waals surface area contributed by atoms with E-state index in [1.54, 1.807) is 4.90 Å². The van der Waals surface area contributed by atoms with E-state index in [0.29, 0.717) is 36.9 Å². The fourth-order valence-corrected chi connectivity index (χ4v) is 5.74. The molecule has 1 aliphatic carbocycles. The average Bonchev–Trinajstić information content (AvgIpc) is 3.15. The molecule has 30 heavy (non-hydrogen) atoms. The van der Waals surface area contributed by atoms with Crippen molar-refractivity contribution in [2.75, 3.05) is 26.3 Å². The Morgan fingerprint density at radius 1 is 1.20 bits per heavy atom. The van der Waals surface area contributed by atoms with Gasteiger partial charge in [0.05, 0.1) is 25.1 Å². The van der Waals surface area contributed by atoms with Gasteiger partial charge in [-0.25, -0.2) is 9.97 Å². The number of amides is 1. The SMILES string of the molecule is CC(C)c1nc2sc3c(=O)n(CC(=O)N4CCOCC4)cnc3c2c2c1CCCC2. The van der Waals surface area contributed by atoms with Crippen LogP contribution in [0.25, 0.3) is 20.4 Å². The zero-order valence-electron chi connectivity index (χ0n) is 17.4. The molecule has 0 bridgehead atoms. The van der Waals surface area contributed by atoms with Crippen LogP contribution in [0.1, 0.15) is 49.4 Å². The van der Waals surface area contributed by atoms with Crippen molar-refractivity contribution < 1.29 is 9.53 Å². The highest BCUT2D eigenvalue weighted by Gasteiger charge is 2.25. The van der Waals surface area contributed by atoms with E-state index in [-0.39, 0.29) is 18.0 Å². The van der Waals surface area contributed by atoms with E-state index in [4.69, 9.17) is 9.72 Å². The van der Waals surface area contributed by atoms with Gasteiger partial charge in [0.15, 0.2) is 0 Å². The monoisotopic (exact) mass is 426 g/mol. The molecular weight excluding hydrogens is 400 g/mol. The number of carbonyl (C=O) groups excluding carboxylic acids is 1. The Kier molecular flexibility index (Phi) is 5.06. The summed E-state index contributed by atoms with van der Waals surface area (Å²) in [5, 5.41) is 1.05. The third-order valence-electron chi connectivity index (χ3n) is 6.16. The molecule has 2 aliphatic rings. The molecule has 1 amide bonds. The standard InChI is InChI=1S/C22H26N4O3S/c1-13(2)18-15-6-4-3-5-14(15)17-19-20(30-21(17)24-18)22(28)26(12-23-19)11-16(27)25-7-9-29-10-8-25/h12-13H,3-11H2,1-2H3. The van der Waals surface area contributed by atoms with E-state index in [2.05, 4.69) is 18.8 Å². The molecule has 0 aromatic carbocycles. The summed E-state index contributed by atoms with van der Waals surface area (Å²) >= 11 is 1.42. The number of ether oxygens (including phenoxy) is 1. The summed E-state index contributed by atoms with van der Waals surface area (Å²) in [4.78, 5) is 38.1. The number of pyridine rings is 1. The summed E-state index contributed by atoms with van der Waals surface area (Å²) in [7, 11) is 0. The Hall–Kier alpha value is -2.32. The lowest BCUT2D eigenvalue weighted by molar-refractivity contribution is -0.135. The number of thiophene rings is 1. The van der Waals surface area contributed by atoms with Crippen LogP contribution in [-0.4, -0.2) is 51.6 Å². The van der Waals surface area contributed by atoms with Gasteiger partial charge in [-0.2, -0.15) is 0 Å². The Morgan fingerprint density at radius 2 is 1.93 bits per heavy atom. The van der Waals surface area contributed by atoms with Gasteiger partial charge >= 0.3 is 0 Å². The highest BCUT2D eigenvalue weighted by atomic mass is 32.1. The van der Waals surface area contributed by atoms with E-state index in [1.807, 2.05) is 0 Å². The van der Waals surface area contributed by atoms with Crippen molar-refractivity contribution in [2.45, 2.75) is 52.0 Å². The summed E-state index contributed by atoms with van der Waals surface area (Å²) < 4.78 is 7.34. The molecule has 4 heterocycles. The molecular formula is C22H26N4O3S. The van der Waals surface area contributed by atoms with Gasteiger partial charge in [-0.15, -0.1) is 11.3 Å². The number of fused-ring (bicyclic) bond motifs is 5. The van der Waals surface area contributed by atoms with E-state index in [1.165, 1.54) is 39.8 Å². The first kappa shape index (κ1) is 19.6. The van der Waals surface area contributed by atoms with Crippen molar-refractivity contribution in [3.8, 4) is 0 Å². The third-order valence-corrected chi connectivity index (χ3v) is 7.22. The molecule has 3 aromatic heterocycles. The average molecular weight is 427 g/mol. The highest BCUT2D eigenvalue weighted by Crippen LogP contribution is 2.39. The minimum Gasteiger partial charge on any atom is -0.378 e. The minimum absolute atomic E-state index is 0.0127. The van der Waals surface area contributed by atoms with Crippen LogP contribution in [0.3, 0.4) is 0 Å². The summed E-state index contributed by atoms with van der Waals surface area (Å²) in [6.45, 7) is 6.60. The largest absolute Gasteiger partial charge is 0.378 e. The second kappa shape index (κ2) is 7.74. The molecule has 5 rings (SSSR count). The number of aryl methyl sites for hydroxylation is 1. The number of carbonyl (C=O) groups is 1. The summed E-state index contributed by atoms with van der Waals surface area (Å²) in [6.07, 6.45) is 5.94. The predicted octanol–water partition coefficient (Wildman–Crippen LogP) is 2.87. The van der Waals surface area contributed by atoms with Crippen LogP contribution in [0.4, 0.5) is 0 Å². The van der Waals surface area contributed by atoms with Crippen LogP contribution in [0.5, 0.6) is 0 Å². The van der Waals surface area contributed by atoms with E-state index < -0.39 is 0 Å². The van der Waals surface area contributed by atoms with Crippen molar-refractivity contribution in [1.29, 1.82) is 0 Å². The number of hydrogen-bond donors (Lipinski definition) is 0. The van der Waals surface area contributed by atoms with E-state index in [9.17, 15) is 9.59 Å². The summed E-state index contributed by atoms with van der Waals surface area (Å²) in [5.41, 5.74) is 4.44. The van der Waals surface area contributed by atoms with Crippen LogP contribution in [-0.2, 0) is 28.9 Å². The molecule has 0 saturated carbocycles. The zero-order chi connectivity index (χ0) is 20.8. The van der Waals surface area contributed by atoms with Crippen molar-refractivity contribution >= 4 is 37.7 Å². The zero-order valence-corrected chi connectivity index (χ0v) is 18.3. The fourth-order valence-electron chi connectivity index (χ4n) is 4.63. The van der Waals surface area contributed by atoms with Crippen LogP contribution in [0.2, 0.25) is 0 Å². The quantitative estimate of drug-likeness (QED) is 0.644. The van der Waals surface area contributed by atoms with Crippen LogP contribution < -0.4 is 5.56 Å². The lowest BCUT2D eigenvalue weighted by Gasteiger charge is -2.26. The molecule has 0 unspecified atom stereocenters. The minimum atomic E-state index is -0.153. The molecule has 1 fully saturated rings. The Labute approximate surface area is 178 Å². The number of hydrogen-bond acceptors (Lipinski definition) is 6. The van der Waals surface area contributed by atoms with Crippen LogP contribution in [0, 0.1) is 0 Å². The predicted molar refractivity (Wildman–Crippen MR) is 117 cm³/mol. The van der Waals surface area contributed by atoms with Crippen molar-refractivity contribution in [2.24, 2.45) is 0 Å². The molecule has 0 radical (unpaired) electrons. The maximum Gasteiger partial charge on any atom is 0.271 e. The summed E-state index contributed by atoms with van der Waals surface area (Å²) in [6, 6.07) is 0. The molecule has 7 nitrogen and oxygen atoms in total. The van der Waals surface area contributed by atoms with Gasteiger partial charge in [-0.05, 0) is 42.7 Å². The first-order chi connectivity index (χ1) is 14.5. The molecule has 1 aliphatic heterocycles.